The van der Waals surface area contributed by atoms with Crippen LogP contribution < -0.4 is 0 Å². The third-order valence-electron chi connectivity index (χ3n) is 1.88. The number of rotatable bonds is 3. The summed E-state index contributed by atoms with van der Waals surface area (Å²) in [6.07, 6.45) is 0.669. The lowest BCUT2D eigenvalue weighted by Crippen LogP contribution is -2.00. The maximum atomic E-state index is 11.2. The van der Waals surface area contributed by atoms with Crippen LogP contribution >= 0.6 is 15.9 Å². The van der Waals surface area contributed by atoms with Crippen LogP contribution in [0.3, 0.4) is 0 Å². The Morgan fingerprint density at radius 3 is 2.69 bits per heavy atom. The number of carbonyl (C=O) groups is 1. The van der Waals surface area contributed by atoms with Gasteiger partial charge in [-0.05, 0) is 30.2 Å². The summed E-state index contributed by atoms with van der Waals surface area (Å²) in [6.45, 7) is 1.90. The molecule has 13 heavy (non-hydrogen) atoms. The Morgan fingerprint density at radius 1 is 1.46 bits per heavy atom. The van der Waals surface area contributed by atoms with Gasteiger partial charge in [-0.3, -0.25) is 9.90 Å². The molecule has 0 aliphatic heterocycles. The molecule has 0 aromatic heterocycles. The van der Waals surface area contributed by atoms with Crippen LogP contribution in [0.2, 0.25) is 0 Å². The second-order valence-electron chi connectivity index (χ2n) is 2.73. The molecular formula is C10H10BrO2. The van der Waals surface area contributed by atoms with Crippen LogP contribution in [0.1, 0.15) is 22.8 Å². The van der Waals surface area contributed by atoms with Crippen molar-refractivity contribution >= 4 is 21.7 Å². The van der Waals surface area contributed by atoms with E-state index in [1.54, 1.807) is 12.1 Å². The van der Waals surface area contributed by atoms with Crippen LogP contribution in [0.4, 0.5) is 0 Å². The third-order valence-corrected chi connectivity index (χ3v) is 2.39. The summed E-state index contributed by atoms with van der Waals surface area (Å²) in [6, 6.07) is 4.70. The molecule has 0 aliphatic rings. The normalized spacial score (nSPS) is 10.0. The molecule has 0 fully saturated rings. The fraction of sp³-hybridized carbons (Fsp3) is 0.300. The minimum Gasteiger partial charge on any atom is -0.293 e. The summed E-state index contributed by atoms with van der Waals surface area (Å²) in [5.41, 5.74) is 1.31. The second-order valence-corrected chi connectivity index (χ2v) is 3.29. The third kappa shape index (κ3) is 2.31. The maximum Gasteiger partial charge on any atom is 0.181 e. The molecule has 1 radical (unpaired) electrons. The Kier molecular flexibility index (Phi) is 3.48. The Hall–Kier alpha value is -0.830. The van der Waals surface area contributed by atoms with E-state index >= 15 is 0 Å². The van der Waals surface area contributed by atoms with Gasteiger partial charge in [-0.15, -0.1) is 0 Å². The van der Waals surface area contributed by atoms with Crippen molar-refractivity contribution in [1.29, 1.82) is 0 Å². The van der Waals surface area contributed by atoms with Gasteiger partial charge in [0, 0.05) is 5.56 Å². The molecule has 0 heterocycles. The summed E-state index contributed by atoms with van der Waals surface area (Å²) < 4.78 is 0. The van der Waals surface area contributed by atoms with Crippen LogP contribution in [0.25, 0.3) is 0 Å². The fourth-order valence-corrected chi connectivity index (χ4v) is 1.43. The van der Waals surface area contributed by atoms with E-state index in [1.165, 1.54) is 6.07 Å². The van der Waals surface area contributed by atoms with E-state index in [-0.39, 0.29) is 11.5 Å². The number of hydrogen-bond acceptors (Lipinski definition) is 1. The van der Waals surface area contributed by atoms with Crippen LogP contribution in [0.15, 0.2) is 18.2 Å². The Morgan fingerprint density at radius 2 is 2.15 bits per heavy atom. The Balaban J connectivity index is 3.06. The van der Waals surface area contributed by atoms with Gasteiger partial charge in [0.1, 0.15) is 0 Å². The number of hydrogen-bond donors (Lipinski definition) is 0. The van der Waals surface area contributed by atoms with Crippen LogP contribution in [0, 0.1) is 0 Å². The first-order valence-electron chi connectivity index (χ1n) is 4.08. The van der Waals surface area contributed by atoms with Crippen LogP contribution in [-0.2, 0) is 11.5 Å². The first kappa shape index (κ1) is 10.3. The van der Waals surface area contributed by atoms with Gasteiger partial charge in [0.25, 0.3) is 0 Å². The van der Waals surface area contributed by atoms with Crippen molar-refractivity contribution in [2.75, 3.05) is 5.33 Å². The first-order chi connectivity index (χ1) is 6.19. The van der Waals surface area contributed by atoms with E-state index in [0.29, 0.717) is 22.9 Å². The number of aryl methyl sites for hydroxylation is 1. The standard InChI is InChI=1S/C10H10BrO2/c1-2-7-5-8(10(13)6-11)3-4-9(7)12/h3-5H,2,6H2,1H3. The summed E-state index contributed by atoms with van der Waals surface area (Å²) in [5, 5.41) is 11.5. The van der Waals surface area contributed by atoms with Crippen molar-refractivity contribution < 1.29 is 9.90 Å². The molecule has 0 aliphatic carbocycles. The number of ketones is 1. The molecule has 0 unspecified atom stereocenters. The zero-order valence-corrected chi connectivity index (χ0v) is 8.93. The smallest absolute Gasteiger partial charge is 0.181 e. The van der Waals surface area contributed by atoms with Gasteiger partial charge in [0.15, 0.2) is 11.5 Å². The van der Waals surface area contributed by atoms with Gasteiger partial charge in [0.2, 0.25) is 0 Å². The molecule has 0 spiro atoms. The van der Waals surface area contributed by atoms with Crippen LogP contribution in [0.5, 0.6) is 5.75 Å². The first-order valence-corrected chi connectivity index (χ1v) is 5.20. The molecule has 2 nitrogen and oxygen atoms in total. The van der Waals surface area contributed by atoms with E-state index in [0.717, 1.165) is 0 Å². The highest BCUT2D eigenvalue weighted by Crippen LogP contribution is 2.20. The van der Waals surface area contributed by atoms with Gasteiger partial charge in [-0.1, -0.05) is 22.9 Å². The molecule has 0 atom stereocenters. The zero-order chi connectivity index (χ0) is 9.84. The molecule has 3 heteroatoms. The van der Waals surface area contributed by atoms with Gasteiger partial charge in [-0.25, -0.2) is 0 Å². The average molecular weight is 242 g/mol. The second kappa shape index (κ2) is 4.42. The molecule has 0 bridgehead atoms. The van der Waals surface area contributed by atoms with Gasteiger partial charge in [0.05, 0.1) is 5.33 Å². The van der Waals surface area contributed by atoms with E-state index in [2.05, 4.69) is 15.9 Å². The van der Waals surface area contributed by atoms with Gasteiger partial charge >= 0.3 is 0 Å². The largest absolute Gasteiger partial charge is 0.293 e. The number of carbonyl (C=O) groups excluding carboxylic acids is 1. The topological polar surface area (TPSA) is 37.0 Å². The number of alkyl halides is 1. The Bertz CT molecular complexity index is 321. The fourth-order valence-electron chi connectivity index (χ4n) is 1.11. The number of Topliss-reactive ketones (excluding diaryl/α,β-unsaturated/α-hetero) is 1. The summed E-state index contributed by atoms with van der Waals surface area (Å²) in [5.74, 6) is 0.0170. The molecule has 0 amide bonds. The SMILES string of the molecule is CCc1cc(C(=O)CBr)ccc1[O]. The van der Waals surface area contributed by atoms with Gasteiger partial charge in [-0.2, -0.15) is 0 Å². The summed E-state index contributed by atoms with van der Waals surface area (Å²) in [7, 11) is 0. The van der Waals surface area contributed by atoms with Crippen molar-refractivity contribution in [3.8, 4) is 5.75 Å². The Labute approximate surface area is 85.7 Å². The highest BCUT2D eigenvalue weighted by Gasteiger charge is 2.07. The number of halogens is 1. The quantitative estimate of drug-likeness (QED) is 0.593. The monoisotopic (exact) mass is 241 g/mol. The zero-order valence-electron chi connectivity index (χ0n) is 7.34. The van der Waals surface area contributed by atoms with E-state index < -0.39 is 0 Å². The molecular weight excluding hydrogens is 232 g/mol. The summed E-state index contributed by atoms with van der Waals surface area (Å²) >= 11 is 3.09. The van der Waals surface area contributed by atoms with E-state index in [1.807, 2.05) is 6.92 Å². The number of benzene rings is 1. The highest BCUT2D eigenvalue weighted by molar-refractivity contribution is 9.09. The van der Waals surface area contributed by atoms with Crippen molar-refractivity contribution in [3.63, 3.8) is 0 Å². The maximum absolute atomic E-state index is 11.2. The highest BCUT2D eigenvalue weighted by atomic mass is 79.9. The lowest BCUT2D eigenvalue weighted by Gasteiger charge is -2.01. The van der Waals surface area contributed by atoms with E-state index in [4.69, 9.17) is 0 Å². The minimum absolute atomic E-state index is 0.00798. The predicted octanol–water partition coefficient (Wildman–Crippen LogP) is 2.97. The molecule has 1 rings (SSSR count). The molecule has 69 valence electrons. The lowest BCUT2D eigenvalue weighted by atomic mass is 10.1. The average Bonchev–Trinajstić information content (AvgIpc) is 2.17. The molecule has 1 aromatic carbocycles. The van der Waals surface area contributed by atoms with Gasteiger partial charge < -0.3 is 0 Å². The molecule has 0 saturated carbocycles. The molecule has 1 aromatic rings. The minimum atomic E-state index is 0.00798. The molecule has 0 N–H and O–H groups in total. The van der Waals surface area contributed by atoms with Crippen molar-refractivity contribution in [2.45, 2.75) is 13.3 Å². The lowest BCUT2D eigenvalue weighted by molar-refractivity contribution is 0.102. The predicted molar refractivity (Wildman–Crippen MR) is 54.1 cm³/mol. The van der Waals surface area contributed by atoms with Crippen molar-refractivity contribution in [2.24, 2.45) is 0 Å². The van der Waals surface area contributed by atoms with Crippen molar-refractivity contribution in [3.05, 3.63) is 29.3 Å². The summed E-state index contributed by atoms with van der Waals surface area (Å²) in [4.78, 5) is 11.2. The molecule has 0 saturated heterocycles. The van der Waals surface area contributed by atoms with E-state index in [9.17, 15) is 9.90 Å². The van der Waals surface area contributed by atoms with Crippen LogP contribution in [-0.4, -0.2) is 11.1 Å². The van der Waals surface area contributed by atoms with Crippen molar-refractivity contribution in [1.82, 2.24) is 0 Å².